The van der Waals surface area contributed by atoms with E-state index in [1.165, 1.54) is 5.56 Å². The summed E-state index contributed by atoms with van der Waals surface area (Å²) in [5, 5.41) is 2.91. The lowest BCUT2D eigenvalue weighted by Gasteiger charge is -2.07. The molecule has 0 aliphatic carbocycles. The Morgan fingerprint density at radius 3 is 2.42 bits per heavy atom. The molecule has 0 aliphatic heterocycles. The van der Waals surface area contributed by atoms with E-state index in [2.05, 4.69) is 12.2 Å². The van der Waals surface area contributed by atoms with Crippen molar-refractivity contribution in [2.45, 2.75) is 39.7 Å². The van der Waals surface area contributed by atoms with Gasteiger partial charge in [0.1, 0.15) is 5.75 Å². The van der Waals surface area contributed by atoms with Gasteiger partial charge in [-0.15, -0.1) is 0 Å². The molecule has 1 aromatic carbocycles. The number of benzene rings is 1. The van der Waals surface area contributed by atoms with Gasteiger partial charge in [-0.05, 0) is 43.2 Å². The standard InChI is InChI=1S/C19H24N2O2.BrH/c1-3-4-15-23-18-7-5-17(6-8-18)20-19(22)11-14-21-12-9-16(2)10-13-21;/h5-10,12-13H,3-4,11,14-15H2,1-2H3;1H. The van der Waals surface area contributed by atoms with Gasteiger partial charge < -0.3 is 27.0 Å². The average molecular weight is 393 g/mol. The van der Waals surface area contributed by atoms with Crippen LogP contribution in [0.4, 0.5) is 5.69 Å². The van der Waals surface area contributed by atoms with Crippen molar-refractivity contribution in [3.05, 3.63) is 54.4 Å². The van der Waals surface area contributed by atoms with Crippen molar-refractivity contribution in [1.82, 2.24) is 0 Å². The topological polar surface area (TPSA) is 42.2 Å². The number of hydrogen-bond acceptors (Lipinski definition) is 2. The van der Waals surface area contributed by atoms with Gasteiger partial charge >= 0.3 is 0 Å². The summed E-state index contributed by atoms with van der Waals surface area (Å²) in [5.41, 5.74) is 2.01. The van der Waals surface area contributed by atoms with E-state index in [-0.39, 0.29) is 22.9 Å². The van der Waals surface area contributed by atoms with Gasteiger partial charge in [-0.2, -0.15) is 0 Å². The van der Waals surface area contributed by atoms with Crippen LogP contribution in [-0.4, -0.2) is 12.5 Å². The van der Waals surface area contributed by atoms with Crippen molar-refractivity contribution in [2.75, 3.05) is 11.9 Å². The highest BCUT2D eigenvalue weighted by molar-refractivity contribution is 5.90. The number of anilines is 1. The highest BCUT2D eigenvalue weighted by Gasteiger charge is 2.07. The Balaban J connectivity index is 0.00000288. The lowest BCUT2D eigenvalue weighted by atomic mass is 10.2. The number of amides is 1. The van der Waals surface area contributed by atoms with Crippen LogP contribution in [0.2, 0.25) is 0 Å². The first-order valence-corrected chi connectivity index (χ1v) is 8.16. The van der Waals surface area contributed by atoms with Gasteiger partial charge in [0.15, 0.2) is 18.9 Å². The maximum atomic E-state index is 12.0. The molecule has 1 N–H and O–H groups in total. The number of ether oxygens (including phenoxy) is 1. The monoisotopic (exact) mass is 392 g/mol. The molecule has 24 heavy (non-hydrogen) atoms. The Labute approximate surface area is 154 Å². The fourth-order valence-electron chi connectivity index (χ4n) is 2.10. The second-order valence-corrected chi connectivity index (χ2v) is 5.64. The molecule has 0 spiro atoms. The summed E-state index contributed by atoms with van der Waals surface area (Å²) in [4.78, 5) is 12.0. The van der Waals surface area contributed by atoms with E-state index in [9.17, 15) is 4.79 Å². The van der Waals surface area contributed by atoms with Crippen molar-refractivity contribution in [3.8, 4) is 5.75 Å². The largest absolute Gasteiger partial charge is 1.00 e. The van der Waals surface area contributed by atoms with Gasteiger partial charge in [0, 0.05) is 17.8 Å². The molecule has 2 aromatic rings. The normalized spacial score (nSPS) is 9.92. The molecule has 0 saturated carbocycles. The Kier molecular flexibility index (Phi) is 9.08. The molecule has 130 valence electrons. The van der Waals surface area contributed by atoms with Crippen LogP contribution < -0.4 is 31.6 Å². The number of aryl methyl sites for hydroxylation is 2. The van der Waals surface area contributed by atoms with E-state index < -0.39 is 0 Å². The van der Waals surface area contributed by atoms with Gasteiger partial charge in [-0.1, -0.05) is 13.3 Å². The summed E-state index contributed by atoms with van der Waals surface area (Å²) < 4.78 is 7.62. The van der Waals surface area contributed by atoms with Crippen LogP contribution in [0.25, 0.3) is 0 Å². The first kappa shape index (κ1) is 20.2. The Morgan fingerprint density at radius 1 is 1.12 bits per heavy atom. The van der Waals surface area contributed by atoms with Gasteiger partial charge in [-0.25, -0.2) is 4.57 Å². The van der Waals surface area contributed by atoms with Crippen molar-refractivity contribution in [1.29, 1.82) is 0 Å². The van der Waals surface area contributed by atoms with Crippen LogP contribution >= 0.6 is 0 Å². The molecule has 0 atom stereocenters. The molecule has 4 nitrogen and oxygen atoms in total. The minimum absolute atomic E-state index is 0. The second kappa shape index (κ2) is 10.8. The first-order valence-electron chi connectivity index (χ1n) is 8.16. The van der Waals surface area contributed by atoms with E-state index in [0.29, 0.717) is 13.0 Å². The molecule has 2 rings (SSSR count). The Hall–Kier alpha value is -1.88. The molecule has 1 amide bonds. The van der Waals surface area contributed by atoms with Crippen LogP contribution in [0.3, 0.4) is 0 Å². The van der Waals surface area contributed by atoms with Crippen molar-refractivity contribution >= 4 is 11.6 Å². The molecule has 0 radical (unpaired) electrons. The highest BCUT2D eigenvalue weighted by Crippen LogP contribution is 2.16. The maximum Gasteiger partial charge on any atom is 0.230 e. The van der Waals surface area contributed by atoms with Crippen LogP contribution in [0.15, 0.2) is 48.8 Å². The summed E-state index contributed by atoms with van der Waals surface area (Å²) in [6.45, 7) is 5.59. The predicted octanol–water partition coefficient (Wildman–Crippen LogP) is 0.494. The molecular weight excluding hydrogens is 368 g/mol. The minimum atomic E-state index is 0. The van der Waals surface area contributed by atoms with Gasteiger partial charge in [0.25, 0.3) is 0 Å². The lowest BCUT2D eigenvalue weighted by Crippen LogP contribution is -3.00. The molecule has 0 aliphatic rings. The van der Waals surface area contributed by atoms with E-state index in [4.69, 9.17) is 4.74 Å². The van der Waals surface area contributed by atoms with E-state index >= 15 is 0 Å². The SMILES string of the molecule is CCCCOc1ccc(NC(=O)CC[n+]2ccc(C)cc2)cc1.[Br-]. The third-order valence-corrected chi connectivity index (χ3v) is 3.56. The number of nitrogens with one attached hydrogen (secondary N) is 1. The van der Waals surface area contributed by atoms with Crippen molar-refractivity contribution < 1.29 is 31.1 Å². The molecule has 0 saturated heterocycles. The molecular formula is C19H25BrN2O2. The van der Waals surface area contributed by atoms with Crippen LogP contribution in [0.5, 0.6) is 5.75 Å². The zero-order valence-electron chi connectivity index (χ0n) is 14.3. The summed E-state index contributed by atoms with van der Waals surface area (Å²) in [7, 11) is 0. The zero-order chi connectivity index (χ0) is 16.5. The van der Waals surface area contributed by atoms with Gasteiger partial charge in [-0.3, -0.25) is 4.79 Å². The summed E-state index contributed by atoms with van der Waals surface area (Å²) in [6, 6.07) is 11.6. The molecule has 0 unspecified atom stereocenters. The number of rotatable bonds is 8. The van der Waals surface area contributed by atoms with Crippen molar-refractivity contribution in [3.63, 3.8) is 0 Å². The third-order valence-electron chi connectivity index (χ3n) is 3.56. The number of carbonyl (C=O) groups is 1. The van der Waals surface area contributed by atoms with Crippen molar-refractivity contribution in [2.24, 2.45) is 0 Å². The van der Waals surface area contributed by atoms with Crippen LogP contribution in [0.1, 0.15) is 31.7 Å². The number of pyridine rings is 1. The molecule has 1 heterocycles. The lowest BCUT2D eigenvalue weighted by molar-refractivity contribution is -0.695. The molecule has 1 aromatic heterocycles. The van der Waals surface area contributed by atoms with Crippen LogP contribution in [0, 0.1) is 6.92 Å². The van der Waals surface area contributed by atoms with E-state index in [1.807, 2.05) is 60.3 Å². The van der Waals surface area contributed by atoms with Gasteiger partial charge in [0.05, 0.1) is 13.0 Å². The van der Waals surface area contributed by atoms with Gasteiger partial charge in [0.2, 0.25) is 5.91 Å². The molecule has 0 fully saturated rings. The number of carbonyl (C=O) groups excluding carboxylic acids is 1. The first-order chi connectivity index (χ1) is 11.2. The summed E-state index contributed by atoms with van der Waals surface area (Å²) in [6.07, 6.45) is 6.60. The fourth-order valence-corrected chi connectivity index (χ4v) is 2.10. The summed E-state index contributed by atoms with van der Waals surface area (Å²) >= 11 is 0. The number of nitrogens with zero attached hydrogens (tertiary/aromatic N) is 1. The summed E-state index contributed by atoms with van der Waals surface area (Å²) in [5.74, 6) is 0.851. The highest BCUT2D eigenvalue weighted by atomic mass is 79.9. The van der Waals surface area contributed by atoms with E-state index in [1.54, 1.807) is 0 Å². The van der Waals surface area contributed by atoms with E-state index in [0.717, 1.165) is 30.9 Å². The fraction of sp³-hybridized carbons (Fsp3) is 0.368. The second-order valence-electron chi connectivity index (χ2n) is 5.64. The molecule has 0 bridgehead atoms. The minimum Gasteiger partial charge on any atom is -1.00 e. The maximum absolute atomic E-state index is 12.0. The predicted molar refractivity (Wildman–Crippen MR) is 91.5 cm³/mol. The number of hydrogen-bond donors (Lipinski definition) is 1. The van der Waals surface area contributed by atoms with Crippen LogP contribution in [-0.2, 0) is 11.3 Å². The average Bonchev–Trinajstić information content (AvgIpc) is 2.56. The number of aromatic nitrogens is 1. The Bertz CT molecular complexity index is 612. The quantitative estimate of drug-likeness (QED) is 0.524. The molecule has 5 heteroatoms. The number of unbranched alkanes of at least 4 members (excludes halogenated alkanes) is 1. The smallest absolute Gasteiger partial charge is 0.230 e. The third kappa shape index (κ3) is 7.13. The Morgan fingerprint density at radius 2 is 1.79 bits per heavy atom. The number of halogens is 1. The zero-order valence-corrected chi connectivity index (χ0v) is 15.9.